The van der Waals surface area contributed by atoms with Crippen molar-refractivity contribution in [2.24, 2.45) is 0 Å². The first kappa shape index (κ1) is 12.2. The molecular weight excluding hydrogens is 238 g/mol. The molecular formula is C14H19N5. The molecule has 19 heavy (non-hydrogen) atoms. The number of hydrogen-bond donors (Lipinski definition) is 2. The molecule has 4 N–H and O–H groups in total. The van der Waals surface area contributed by atoms with Crippen molar-refractivity contribution in [3.63, 3.8) is 0 Å². The second-order valence-electron chi connectivity index (χ2n) is 5.32. The Hall–Kier alpha value is -1.88. The SMILES string of the molecule is CN1CCC(c2nc(N)c3ccc(N)cc3n2)CC1. The standard InChI is InChI=1S/C14H19N5/c1-19-6-4-9(5-7-19)14-17-12-8-10(15)2-3-11(12)13(16)18-14/h2-3,8-9H,4-7,15H2,1H3,(H2,16,17,18). The number of likely N-dealkylation sites (tertiary alicyclic amines) is 1. The highest BCUT2D eigenvalue weighted by Crippen LogP contribution is 2.28. The van der Waals surface area contributed by atoms with E-state index < -0.39 is 0 Å². The maximum absolute atomic E-state index is 6.04. The predicted octanol–water partition coefficient (Wildman–Crippen LogP) is 1.60. The summed E-state index contributed by atoms with van der Waals surface area (Å²) in [5.41, 5.74) is 13.4. The maximum Gasteiger partial charge on any atom is 0.135 e. The van der Waals surface area contributed by atoms with Gasteiger partial charge in [0.2, 0.25) is 0 Å². The molecule has 5 heteroatoms. The van der Waals surface area contributed by atoms with Gasteiger partial charge in [-0.15, -0.1) is 0 Å². The van der Waals surface area contributed by atoms with Crippen LogP contribution in [-0.2, 0) is 0 Å². The van der Waals surface area contributed by atoms with Gasteiger partial charge < -0.3 is 16.4 Å². The average molecular weight is 257 g/mol. The van der Waals surface area contributed by atoms with Crippen molar-refractivity contribution >= 4 is 22.4 Å². The Morgan fingerprint density at radius 2 is 1.89 bits per heavy atom. The van der Waals surface area contributed by atoms with Crippen LogP contribution >= 0.6 is 0 Å². The first-order valence-electron chi connectivity index (χ1n) is 6.64. The smallest absolute Gasteiger partial charge is 0.135 e. The summed E-state index contributed by atoms with van der Waals surface area (Å²) in [6, 6.07) is 5.58. The van der Waals surface area contributed by atoms with Gasteiger partial charge in [-0.1, -0.05) is 0 Å². The van der Waals surface area contributed by atoms with Gasteiger partial charge in [0, 0.05) is 17.0 Å². The van der Waals surface area contributed by atoms with Crippen molar-refractivity contribution in [3.05, 3.63) is 24.0 Å². The summed E-state index contributed by atoms with van der Waals surface area (Å²) in [5, 5.41) is 0.880. The van der Waals surface area contributed by atoms with Crippen molar-refractivity contribution in [3.8, 4) is 0 Å². The third kappa shape index (κ3) is 2.33. The minimum absolute atomic E-state index is 0.407. The van der Waals surface area contributed by atoms with E-state index in [2.05, 4.69) is 21.9 Å². The van der Waals surface area contributed by atoms with Crippen LogP contribution in [0.15, 0.2) is 18.2 Å². The van der Waals surface area contributed by atoms with Crippen LogP contribution in [-0.4, -0.2) is 35.0 Å². The van der Waals surface area contributed by atoms with Gasteiger partial charge >= 0.3 is 0 Å². The normalized spacial score (nSPS) is 17.9. The Labute approximate surface area is 112 Å². The van der Waals surface area contributed by atoms with Crippen LogP contribution in [0.5, 0.6) is 0 Å². The molecule has 1 aromatic carbocycles. The van der Waals surface area contributed by atoms with Crippen molar-refractivity contribution in [2.75, 3.05) is 31.6 Å². The van der Waals surface area contributed by atoms with Crippen molar-refractivity contribution in [1.82, 2.24) is 14.9 Å². The molecule has 0 spiro atoms. The Bertz CT molecular complexity index is 602. The van der Waals surface area contributed by atoms with Crippen LogP contribution < -0.4 is 11.5 Å². The van der Waals surface area contributed by atoms with Crippen LogP contribution in [0.25, 0.3) is 10.9 Å². The van der Waals surface area contributed by atoms with E-state index in [1.807, 2.05) is 18.2 Å². The highest BCUT2D eigenvalue weighted by Gasteiger charge is 2.21. The summed E-state index contributed by atoms with van der Waals surface area (Å²) in [6.07, 6.45) is 2.17. The number of anilines is 2. The van der Waals surface area contributed by atoms with Gasteiger partial charge in [0.05, 0.1) is 5.52 Å². The van der Waals surface area contributed by atoms with Crippen LogP contribution in [0.3, 0.4) is 0 Å². The third-order valence-corrected chi connectivity index (χ3v) is 3.85. The molecule has 1 aliphatic heterocycles. The van der Waals surface area contributed by atoms with E-state index in [0.29, 0.717) is 17.4 Å². The summed E-state index contributed by atoms with van der Waals surface area (Å²) in [4.78, 5) is 11.5. The second kappa shape index (κ2) is 4.66. The fourth-order valence-corrected chi connectivity index (χ4v) is 2.64. The first-order chi connectivity index (χ1) is 9.13. The number of fused-ring (bicyclic) bond motifs is 1. The van der Waals surface area contributed by atoms with E-state index in [9.17, 15) is 0 Å². The largest absolute Gasteiger partial charge is 0.399 e. The number of nitrogen functional groups attached to an aromatic ring is 2. The molecule has 100 valence electrons. The average Bonchev–Trinajstić information content (AvgIpc) is 2.38. The predicted molar refractivity (Wildman–Crippen MR) is 77.8 cm³/mol. The number of aromatic nitrogens is 2. The molecule has 1 saturated heterocycles. The molecule has 3 rings (SSSR count). The van der Waals surface area contributed by atoms with Gasteiger partial charge in [-0.3, -0.25) is 0 Å². The molecule has 0 radical (unpaired) electrons. The van der Waals surface area contributed by atoms with E-state index in [0.717, 1.165) is 42.7 Å². The van der Waals surface area contributed by atoms with Gasteiger partial charge in [-0.2, -0.15) is 0 Å². The Morgan fingerprint density at radius 1 is 1.16 bits per heavy atom. The number of benzene rings is 1. The number of piperidine rings is 1. The van der Waals surface area contributed by atoms with Crippen molar-refractivity contribution in [1.29, 1.82) is 0 Å². The molecule has 0 bridgehead atoms. The molecule has 1 aromatic heterocycles. The summed E-state index contributed by atoms with van der Waals surface area (Å²) < 4.78 is 0. The molecule has 0 unspecified atom stereocenters. The maximum atomic E-state index is 6.04. The molecule has 0 atom stereocenters. The number of rotatable bonds is 1. The van der Waals surface area contributed by atoms with Gasteiger partial charge in [0.25, 0.3) is 0 Å². The molecule has 0 amide bonds. The topological polar surface area (TPSA) is 81.1 Å². The Kier molecular flexibility index (Phi) is 2.98. The highest BCUT2D eigenvalue weighted by molar-refractivity contribution is 5.89. The quantitative estimate of drug-likeness (QED) is 0.758. The molecule has 5 nitrogen and oxygen atoms in total. The van der Waals surface area contributed by atoms with E-state index in [1.54, 1.807) is 0 Å². The van der Waals surface area contributed by atoms with Crippen LogP contribution in [0, 0.1) is 0 Å². The first-order valence-corrected chi connectivity index (χ1v) is 6.64. The van der Waals surface area contributed by atoms with Gasteiger partial charge in [0.1, 0.15) is 11.6 Å². The Morgan fingerprint density at radius 3 is 2.63 bits per heavy atom. The lowest BCUT2D eigenvalue weighted by molar-refractivity contribution is 0.251. The zero-order valence-electron chi connectivity index (χ0n) is 11.1. The van der Waals surface area contributed by atoms with E-state index in [4.69, 9.17) is 11.5 Å². The van der Waals surface area contributed by atoms with E-state index in [1.165, 1.54) is 0 Å². The van der Waals surface area contributed by atoms with Crippen molar-refractivity contribution in [2.45, 2.75) is 18.8 Å². The third-order valence-electron chi connectivity index (χ3n) is 3.85. The molecule has 2 heterocycles. The van der Waals surface area contributed by atoms with Crippen molar-refractivity contribution < 1.29 is 0 Å². The summed E-state index contributed by atoms with van der Waals surface area (Å²) in [6.45, 7) is 2.17. The van der Waals surface area contributed by atoms with E-state index >= 15 is 0 Å². The molecule has 0 saturated carbocycles. The molecule has 1 fully saturated rings. The van der Waals surface area contributed by atoms with E-state index in [-0.39, 0.29) is 0 Å². The minimum atomic E-state index is 0.407. The van der Waals surface area contributed by atoms with Gasteiger partial charge in [0.15, 0.2) is 0 Å². The van der Waals surface area contributed by atoms with Gasteiger partial charge in [-0.05, 0) is 51.2 Å². The zero-order valence-corrected chi connectivity index (χ0v) is 11.1. The van der Waals surface area contributed by atoms with Crippen LogP contribution in [0.2, 0.25) is 0 Å². The minimum Gasteiger partial charge on any atom is -0.399 e. The summed E-state index contributed by atoms with van der Waals surface area (Å²) >= 11 is 0. The summed E-state index contributed by atoms with van der Waals surface area (Å²) in [7, 11) is 2.15. The zero-order chi connectivity index (χ0) is 13.4. The summed E-state index contributed by atoms with van der Waals surface area (Å²) in [5.74, 6) is 1.83. The number of hydrogen-bond acceptors (Lipinski definition) is 5. The molecule has 2 aromatic rings. The molecule has 0 aliphatic carbocycles. The van der Waals surface area contributed by atoms with Gasteiger partial charge in [-0.25, -0.2) is 9.97 Å². The lowest BCUT2D eigenvalue weighted by Crippen LogP contribution is -2.30. The lowest BCUT2D eigenvalue weighted by atomic mass is 9.96. The van der Waals surface area contributed by atoms with Crippen LogP contribution in [0.4, 0.5) is 11.5 Å². The number of nitrogens with zero attached hydrogens (tertiary/aromatic N) is 3. The number of nitrogens with two attached hydrogens (primary N) is 2. The van der Waals surface area contributed by atoms with Crippen LogP contribution in [0.1, 0.15) is 24.6 Å². The fraction of sp³-hybridized carbons (Fsp3) is 0.429. The monoisotopic (exact) mass is 257 g/mol. The molecule has 1 aliphatic rings. The lowest BCUT2D eigenvalue weighted by Gasteiger charge is -2.28. The second-order valence-corrected chi connectivity index (χ2v) is 5.32. The fourth-order valence-electron chi connectivity index (χ4n) is 2.64. The Balaban J connectivity index is 2.00. The highest BCUT2D eigenvalue weighted by atomic mass is 15.1.